The number of hydrogen-bond donors (Lipinski definition) is 3. The van der Waals surface area contributed by atoms with Crippen LogP contribution in [-0.2, 0) is 9.47 Å². The third kappa shape index (κ3) is 9.19. The van der Waals surface area contributed by atoms with E-state index < -0.39 is 12.2 Å². The monoisotopic (exact) mass is 531 g/mol. The zero-order valence-electron chi connectivity index (χ0n) is 22.4. The van der Waals surface area contributed by atoms with Gasteiger partial charge in [0.2, 0.25) is 0 Å². The van der Waals surface area contributed by atoms with Crippen LogP contribution in [-0.4, -0.2) is 55.6 Å². The van der Waals surface area contributed by atoms with E-state index in [0.717, 1.165) is 37.6 Å². The van der Waals surface area contributed by atoms with Crippen LogP contribution in [0.1, 0.15) is 70.7 Å². The van der Waals surface area contributed by atoms with E-state index in [1.165, 1.54) is 47.6 Å². The Hall–Kier alpha value is -2.85. The third-order valence-corrected chi connectivity index (χ3v) is 7.33. The number of amides is 2. The van der Waals surface area contributed by atoms with Crippen molar-refractivity contribution in [2.24, 2.45) is 5.73 Å². The van der Waals surface area contributed by atoms with E-state index >= 15 is 0 Å². The number of primary amides is 1. The normalized spacial score (nSPS) is 16.2. The first kappa shape index (κ1) is 28.7. The van der Waals surface area contributed by atoms with Crippen LogP contribution < -0.4 is 21.3 Å². The molecule has 204 valence electrons. The number of carbonyl (C=O) groups is 2. The van der Waals surface area contributed by atoms with E-state index in [1.54, 1.807) is 13.8 Å². The lowest BCUT2D eigenvalue weighted by Gasteiger charge is -2.31. The predicted molar refractivity (Wildman–Crippen MR) is 150 cm³/mol. The Morgan fingerprint density at radius 2 is 1.76 bits per heavy atom. The lowest BCUT2D eigenvalue weighted by molar-refractivity contribution is 0.125. The van der Waals surface area contributed by atoms with E-state index in [2.05, 4.69) is 38.1 Å². The molecule has 1 aliphatic heterocycles. The molecule has 0 bridgehead atoms. The van der Waals surface area contributed by atoms with Gasteiger partial charge in [0.05, 0.1) is 22.1 Å². The zero-order valence-corrected chi connectivity index (χ0v) is 23.2. The van der Waals surface area contributed by atoms with Crippen LogP contribution in [0.3, 0.4) is 0 Å². The largest absolute Gasteiger partial charge is 0.447 e. The van der Waals surface area contributed by atoms with Gasteiger partial charge in [0, 0.05) is 55.2 Å². The fraction of sp³-hybridized carbons (Fsp3) is 0.593. The second kappa shape index (κ2) is 14.2. The van der Waals surface area contributed by atoms with E-state index in [0.29, 0.717) is 5.92 Å². The Balaban J connectivity index is 0.000000479. The summed E-state index contributed by atoms with van der Waals surface area (Å²) >= 11 is 1.83. The van der Waals surface area contributed by atoms with Crippen molar-refractivity contribution in [1.29, 1.82) is 0 Å². The number of aromatic nitrogens is 1. The number of ether oxygens (including phenoxy) is 2. The molecule has 0 radical (unpaired) electrons. The molecule has 0 spiro atoms. The van der Waals surface area contributed by atoms with Gasteiger partial charge in [0.25, 0.3) is 0 Å². The molecule has 4 N–H and O–H groups in total. The molecule has 1 saturated heterocycles. The standard InChI is InChI=1S/C23H32N4O2S.C4H9NO2/c1-16(2)29-23(28)26-18-8-9-19(20(14-18)27-12-10-24-11-13-27)21-15-25-22(30-21)17-6-4-3-5-7-17;1-3(2)7-4(5)6/h8-9,14-17,24H,3-7,10-13H2,1-2H3,(H,26,28);3H,1-2H3,(H2,5,6). The highest BCUT2D eigenvalue weighted by Gasteiger charge is 2.22. The van der Waals surface area contributed by atoms with E-state index in [-0.39, 0.29) is 12.2 Å². The van der Waals surface area contributed by atoms with Gasteiger partial charge in [-0.25, -0.2) is 14.6 Å². The van der Waals surface area contributed by atoms with Crippen LogP contribution in [0.5, 0.6) is 0 Å². The van der Waals surface area contributed by atoms with Gasteiger partial charge in [0.1, 0.15) is 0 Å². The highest BCUT2D eigenvalue weighted by molar-refractivity contribution is 7.15. The maximum atomic E-state index is 12.1. The Morgan fingerprint density at radius 1 is 1.08 bits per heavy atom. The van der Waals surface area contributed by atoms with E-state index in [9.17, 15) is 9.59 Å². The van der Waals surface area contributed by atoms with Crippen LogP contribution in [0.15, 0.2) is 24.4 Å². The summed E-state index contributed by atoms with van der Waals surface area (Å²) < 4.78 is 9.63. The molecule has 2 heterocycles. The Morgan fingerprint density at radius 3 is 2.35 bits per heavy atom. The molecule has 1 aromatic carbocycles. The summed E-state index contributed by atoms with van der Waals surface area (Å²) in [5.74, 6) is 0.617. The van der Waals surface area contributed by atoms with Crippen LogP contribution >= 0.6 is 11.3 Å². The average molecular weight is 532 g/mol. The first-order valence-corrected chi connectivity index (χ1v) is 14.0. The molecule has 0 atom stereocenters. The topological polar surface area (TPSA) is 119 Å². The molecule has 2 amide bonds. The number of nitrogens with one attached hydrogen (secondary N) is 2. The number of nitrogens with zero attached hydrogens (tertiary/aromatic N) is 2. The molecular weight excluding hydrogens is 490 g/mol. The average Bonchev–Trinajstić information content (AvgIpc) is 3.34. The Kier molecular flexibility index (Phi) is 11.0. The van der Waals surface area contributed by atoms with Gasteiger partial charge in [-0.15, -0.1) is 11.3 Å². The van der Waals surface area contributed by atoms with Crippen molar-refractivity contribution in [3.8, 4) is 10.4 Å². The van der Waals surface area contributed by atoms with Gasteiger partial charge in [-0.2, -0.15) is 0 Å². The molecular formula is C27H41N5O4S. The number of anilines is 2. The second-order valence-corrected chi connectivity index (χ2v) is 11.0. The first-order valence-electron chi connectivity index (χ1n) is 13.2. The molecule has 9 nitrogen and oxygen atoms in total. The molecule has 37 heavy (non-hydrogen) atoms. The molecule has 1 aliphatic carbocycles. The molecule has 2 aliphatic rings. The van der Waals surface area contributed by atoms with Gasteiger partial charge in [0.15, 0.2) is 0 Å². The van der Waals surface area contributed by atoms with Crippen LogP contribution in [0.25, 0.3) is 10.4 Å². The minimum Gasteiger partial charge on any atom is -0.447 e. The Bertz CT molecular complexity index is 1010. The van der Waals surface area contributed by atoms with Gasteiger partial charge in [-0.3, -0.25) is 5.32 Å². The summed E-state index contributed by atoms with van der Waals surface area (Å²) in [6.45, 7) is 11.0. The summed E-state index contributed by atoms with van der Waals surface area (Å²) in [6, 6.07) is 6.14. The third-order valence-electron chi connectivity index (χ3n) is 6.14. The van der Waals surface area contributed by atoms with Crippen molar-refractivity contribution in [2.45, 2.75) is 77.9 Å². The summed E-state index contributed by atoms with van der Waals surface area (Å²) in [7, 11) is 0. The highest BCUT2D eigenvalue weighted by atomic mass is 32.1. The number of thiazole rings is 1. The van der Waals surface area contributed by atoms with Crippen molar-refractivity contribution in [1.82, 2.24) is 10.3 Å². The lowest BCUT2D eigenvalue weighted by Crippen LogP contribution is -2.43. The number of benzene rings is 1. The van der Waals surface area contributed by atoms with Crippen LogP contribution in [0.4, 0.5) is 21.0 Å². The summed E-state index contributed by atoms with van der Waals surface area (Å²) in [5.41, 5.74) is 7.74. The fourth-order valence-corrected chi connectivity index (χ4v) is 5.65. The molecule has 0 unspecified atom stereocenters. The number of hydrogen-bond acceptors (Lipinski definition) is 8. The molecule has 4 rings (SSSR count). The number of rotatable bonds is 6. The van der Waals surface area contributed by atoms with Crippen molar-refractivity contribution >= 4 is 34.9 Å². The summed E-state index contributed by atoms with van der Waals surface area (Å²) in [5, 5.41) is 7.57. The maximum Gasteiger partial charge on any atom is 0.411 e. The minimum atomic E-state index is -0.713. The second-order valence-electron chi connectivity index (χ2n) is 9.93. The van der Waals surface area contributed by atoms with Gasteiger partial charge < -0.3 is 25.4 Å². The Labute approximate surface area is 224 Å². The molecule has 1 saturated carbocycles. The molecule has 10 heteroatoms. The quantitative estimate of drug-likeness (QED) is 0.436. The number of carbonyl (C=O) groups excluding carboxylic acids is 2. The van der Waals surface area contributed by atoms with Crippen molar-refractivity contribution < 1.29 is 19.1 Å². The maximum absolute atomic E-state index is 12.1. The van der Waals surface area contributed by atoms with Gasteiger partial charge >= 0.3 is 12.2 Å². The zero-order chi connectivity index (χ0) is 26.8. The number of nitrogens with two attached hydrogens (primary N) is 1. The van der Waals surface area contributed by atoms with Crippen molar-refractivity contribution in [3.63, 3.8) is 0 Å². The molecule has 2 aromatic rings. The van der Waals surface area contributed by atoms with Crippen molar-refractivity contribution in [3.05, 3.63) is 29.4 Å². The molecule has 2 fully saturated rings. The molecule has 1 aromatic heterocycles. The summed E-state index contributed by atoms with van der Waals surface area (Å²) in [6.07, 6.45) is 7.18. The van der Waals surface area contributed by atoms with Gasteiger partial charge in [-0.05, 0) is 58.7 Å². The van der Waals surface area contributed by atoms with Crippen LogP contribution in [0, 0.1) is 0 Å². The summed E-state index contributed by atoms with van der Waals surface area (Å²) in [4.78, 5) is 30.3. The van der Waals surface area contributed by atoms with Gasteiger partial charge in [-0.1, -0.05) is 19.3 Å². The van der Waals surface area contributed by atoms with E-state index in [4.69, 9.17) is 9.72 Å². The minimum absolute atomic E-state index is 0.0995. The fourth-order valence-electron chi connectivity index (χ4n) is 4.53. The first-order chi connectivity index (χ1) is 17.7. The predicted octanol–water partition coefficient (Wildman–Crippen LogP) is 5.71. The van der Waals surface area contributed by atoms with Crippen LogP contribution in [0.2, 0.25) is 0 Å². The highest BCUT2D eigenvalue weighted by Crippen LogP contribution is 2.41. The van der Waals surface area contributed by atoms with Crippen molar-refractivity contribution in [2.75, 3.05) is 36.4 Å². The van der Waals surface area contributed by atoms with E-state index in [1.807, 2.05) is 37.4 Å². The SMILES string of the molecule is CC(C)OC(=O)Nc1ccc(-c2cnc(C3CCCCC3)s2)c(N2CCNCC2)c1.CC(C)OC(N)=O. The smallest absolute Gasteiger partial charge is 0.411 e. The number of piperazine rings is 1. The lowest BCUT2D eigenvalue weighted by atomic mass is 9.90.